The Hall–Kier alpha value is -0.580. The van der Waals surface area contributed by atoms with E-state index in [0.717, 1.165) is 10.0 Å². The van der Waals surface area contributed by atoms with Crippen LogP contribution in [0, 0.1) is 0 Å². The van der Waals surface area contributed by atoms with Crippen molar-refractivity contribution >= 4 is 33.5 Å². The predicted molar refractivity (Wildman–Crippen MR) is 67.5 cm³/mol. The molecule has 16 heavy (non-hydrogen) atoms. The molecule has 0 bridgehead atoms. The standard InChI is InChI=1S/C11H13BrClNO2/c1-2-16-11(15)10(14)5-7-3-8(12)6-9(13)4-7/h3-4,6,10H,2,5,14H2,1H3. The maximum atomic E-state index is 11.3. The van der Waals surface area contributed by atoms with Crippen LogP contribution in [0.5, 0.6) is 0 Å². The second-order valence-corrected chi connectivity index (χ2v) is 4.69. The first-order valence-corrected chi connectivity index (χ1v) is 6.07. The highest BCUT2D eigenvalue weighted by Crippen LogP contribution is 2.20. The van der Waals surface area contributed by atoms with Gasteiger partial charge in [-0.3, -0.25) is 4.79 Å². The Labute approximate surface area is 108 Å². The second-order valence-electron chi connectivity index (χ2n) is 3.34. The van der Waals surface area contributed by atoms with Crippen LogP contribution in [0.25, 0.3) is 0 Å². The molecule has 0 aliphatic heterocycles. The molecule has 0 amide bonds. The third-order valence-corrected chi connectivity index (χ3v) is 2.64. The van der Waals surface area contributed by atoms with E-state index >= 15 is 0 Å². The molecule has 2 N–H and O–H groups in total. The quantitative estimate of drug-likeness (QED) is 0.870. The molecule has 0 radical (unpaired) electrons. The van der Waals surface area contributed by atoms with Gasteiger partial charge in [0.1, 0.15) is 6.04 Å². The molecular weight excluding hydrogens is 293 g/mol. The Morgan fingerprint density at radius 2 is 2.25 bits per heavy atom. The lowest BCUT2D eigenvalue weighted by molar-refractivity contribution is -0.144. The van der Waals surface area contributed by atoms with Crippen LogP contribution in [0.15, 0.2) is 22.7 Å². The molecule has 0 saturated carbocycles. The Morgan fingerprint density at radius 1 is 1.56 bits per heavy atom. The van der Waals surface area contributed by atoms with E-state index in [1.165, 1.54) is 0 Å². The van der Waals surface area contributed by atoms with E-state index in [9.17, 15) is 4.79 Å². The monoisotopic (exact) mass is 305 g/mol. The van der Waals surface area contributed by atoms with Crippen molar-refractivity contribution < 1.29 is 9.53 Å². The third-order valence-electron chi connectivity index (χ3n) is 1.97. The molecular formula is C11H13BrClNO2. The van der Waals surface area contributed by atoms with Crippen molar-refractivity contribution in [2.75, 3.05) is 6.61 Å². The Kier molecular flexibility index (Phi) is 5.25. The maximum absolute atomic E-state index is 11.3. The van der Waals surface area contributed by atoms with Crippen LogP contribution in [-0.4, -0.2) is 18.6 Å². The first-order valence-electron chi connectivity index (χ1n) is 4.90. The van der Waals surface area contributed by atoms with E-state index in [-0.39, 0.29) is 0 Å². The van der Waals surface area contributed by atoms with E-state index in [0.29, 0.717) is 18.1 Å². The zero-order valence-corrected chi connectivity index (χ0v) is 11.2. The fourth-order valence-corrected chi connectivity index (χ4v) is 2.25. The molecule has 0 aliphatic carbocycles. The van der Waals surface area contributed by atoms with Gasteiger partial charge in [0, 0.05) is 9.50 Å². The van der Waals surface area contributed by atoms with Gasteiger partial charge in [-0.25, -0.2) is 0 Å². The highest BCUT2D eigenvalue weighted by Gasteiger charge is 2.15. The molecule has 0 fully saturated rings. The van der Waals surface area contributed by atoms with Gasteiger partial charge in [-0.1, -0.05) is 27.5 Å². The molecule has 0 saturated heterocycles. The topological polar surface area (TPSA) is 52.3 Å². The minimum Gasteiger partial charge on any atom is -0.465 e. The van der Waals surface area contributed by atoms with Gasteiger partial charge in [-0.15, -0.1) is 0 Å². The Morgan fingerprint density at radius 3 is 2.81 bits per heavy atom. The van der Waals surface area contributed by atoms with E-state index in [1.54, 1.807) is 19.1 Å². The molecule has 5 heteroatoms. The van der Waals surface area contributed by atoms with Crippen molar-refractivity contribution in [2.24, 2.45) is 5.73 Å². The average molecular weight is 307 g/mol. The van der Waals surface area contributed by atoms with Crippen molar-refractivity contribution in [3.05, 3.63) is 33.3 Å². The number of hydrogen-bond donors (Lipinski definition) is 1. The van der Waals surface area contributed by atoms with Gasteiger partial charge in [0.2, 0.25) is 0 Å². The fourth-order valence-electron chi connectivity index (χ4n) is 1.32. The summed E-state index contributed by atoms with van der Waals surface area (Å²) in [5.74, 6) is -0.390. The lowest BCUT2D eigenvalue weighted by Crippen LogP contribution is -2.34. The summed E-state index contributed by atoms with van der Waals surface area (Å²) in [6.07, 6.45) is 0.415. The number of carbonyl (C=O) groups excluding carboxylic acids is 1. The zero-order chi connectivity index (χ0) is 12.1. The van der Waals surface area contributed by atoms with Gasteiger partial charge in [0.25, 0.3) is 0 Å². The highest BCUT2D eigenvalue weighted by atomic mass is 79.9. The number of hydrogen-bond acceptors (Lipinski definition) is 3. The molecule has 0 heterocycles. The Bertz CT molecular complexity index is 364. The van der Waals surface area contributed by atoms with Crippen molar-refractivity contribution in [1.29, 1.82) is 0 Å². The van der Waals surface area contributed by atoms with Crippen molar-refractivity contribution in [3.63, 3.8) is 0 Å². The highest BCUT2D eigenvalue weighted by molar-refractivity contribution is 9.10. The predicted octanol–water partition coefficient (Wildman–Crippen LogP) is 2.54. The summed E-state index contributed by atoms with van der Waals surface area (Å²) in [5.41, 5.74) is 6.61. The van der Waals surface area contributed by atoms with Gasteiger partial charge < -0.3 is 10.5 Å². The summed E-state index contributed by atoms with van der Waals surface area (Å²) in [7, 11) is 0. The maximum Gasteiger partial charge on any atom is 0.323 e. The van der Waals surface area contributed by atoms with Crippen LogP contribution in [-0.2, 0) is 16.0 Å². The van der Waals surface area contributed by atoms with E-state index in [4.69, 9.17) is 22.1 Å². The molecule has 1 rings (SSSR count). The SMILES string of the molecule is CCOC(=O)C(N)Cc1cc(Cl)cc(Br)c1. The lowest BCUT2D eigenvalue weighted by atomic mass is 10.1. The van der Waals surface area contributed by atoms with E-state index in [2.05, 4.69) is 15.9 Å². The number of rotatable bonds is 4. The number of benzene rings is 1. The number of esters is 1. The average Bonchev–Trinajstić information content (AvgIpc) is 2.16. The van der Waals surface area contributed by atoms with Crippen LogP contribution in [0.2, 0.25) is 5.02 Å². The van der Waals surface area contributed by atoms with Gasteiger partial charge >= 0.3 is 5.97 Å². The summed E-state index contributed by atoms with van der Waals surface area (Å²) in [5, 5.41) is 0.612. The van der Waals surface area contributed by atoms with Crippen LogP contribution in [0.1, 0.15) is 12.5 Å². The van der Waals surface area contributed by atoms with Gasteiger partial charge in [-0.05, 0) is 37.1 Å². The Balaban J connectivity index is 2.69. The minimum atomic E-state index is -0.648. The normalized spacial score (nSPS) is 12.2. The van der Waals surface area contributed by atoms with Crippen molar-refractivity contribution in [3.8, 4) is 0 Å². The third kappa shape index (κ3) is 4.12. The number of ether oxygens (including phenoxy) is 1. The summed E-state index contributed by atoms with van der Waals surface area (Å²) in [6.45, 7) is 2.09. The van der Waals surface area contributed by atoms with Gasteiger partial charge in [-0.2, -0.15) is 0 Å². The first-order chi connectivity index (χ1) is 7.52. The summed E-state index contributed by atoms with van der Waals surface area (Å²) >= 11 is 9.22. The molecule has 1 atom stereocenters. The summed E-state index contributed by atoms with van der Waals surface area (Å²) in [4.78, 5) is 11.3. The van der Waals surface area contributed by atoms with Crippen LogP contribution in [0.4, 0.5) is 0 Å². The van der Waals surface area contributed by atoms with Crippen LogP contribution >= 0.6 is 27.5 Å². The van der Waals surface area contributed by atoms with Gasteiger partial charge in [0.15, 0.2) is 0 Å². The van der Waals surface area contributed by atoms with Crippen LogP contribution in [0.3, 0.4) is 0 Å². The van der Waals surface area contributed by atoms with Crippen molar-refractivity contribution in [2.45, 2.75) is 19.4 Å². The minimum absolute atomic E-state index is 0.339. The van der Waals surface area contributed by atoms with E-state index < -0.39 is 12.0 Å². The smallest absolute Gasteiger partial charge is 0.323 e. The fraction of sp³-hybridized carbons (Fsp3) is 0.364. The zero-order valence-electron chi connectivity index (χ0n) is 8.87. The molecule has 0 aromatic heterocycles. The number of nitrogens with two attached hydrogens (primary N) is 1. The molecule has 1 aromatic rings. The van der Waals surface area contributed by atoms with E-state index in [1.807, 2.05) is 6.07 Å². The number of carbonyl (C=O) groups is 1. The van der Waals surface area contributed by atoms with Crippen LogP contribution < -0.4 is 5.73 Å². The lowest BCUT2D eigenvalue weighted by Gasteiger charge is -2.10. The molecule has 0 spiro atoms. The summed E-state index contributed by atoms with van der Waals surface area (Å²) < 4.78 is 5.69. The van der Waals surface area contributed by atoms with Crippen molar-refractivity contribution in [1.82, 2.24) is 0 Å². The van der Waals surface area contributed by atoms with Gasteiger partial charge in [0.05, 0.1) is 6.61 Å². The molecule has 1 aromatic carbocycles. The second kappa shape index (κ2) is 6.23. The summed E-state index contributed by atoms with van der Waals surface area (Å²) in [6, 6.07) is 4.79. The molecule has 1 unspecified atom stereocenters. The molecule has 0 aliphatic rings. The molecule has 3 nitrogen and oxygen atoms in total. The largest absolute Gasteiger partial charge is 0.465 e. The first kappa shape index (κ1) is 13.5. The molecule has 88 valence electrons. The number of halogens is 2.